The van der Waals surface area contributed by atoms with Gasteiger partial charge in [-0.25, -0.2) is 14.1 Å². The van der Waals surface area contributed by atoms with Crippen molar-refractivity contribution in [1.29, 1.82) is 0 Å². The fraction of sp³-hybridized carbons (Fsp3) is 0.0625. The standard InChI is InChI=1S/C16H13FN4O3/c1-24-14-7-10(6-13(17)15(14)22)16(23)20-11-2-4-12(5-3-11)21-9-18-8-19-21/h2-9,22H,1H3,(H,20,23). The zero-order valence-electron chi connectivity index (χ0n) is 12.6. The average molecular weight is 328 g/mol. The Hall–Kier alpha value is -3.42. The van der Waals surface area contributed by atoms with Crippen molar-refractivity contribution in [2.75, 3.05) is 12.4 Å². The van der Waals surface area contributed by atoms with Crippen LogP contribution in [-0.4, -0.2) is 32.9 Å². The Balaban J connectivity index is 1.79. The van der Waals surface area contributed by atoms with Crippen molar-refractivity contribution in [3.8, 4) is 17.2 Å². The molecule has 0 spiro atoms. The van der Waals surface area contributed by atoms with Crippen LogP contribution >= 0.6 is 0 Å². The van der Waals surface area contributed by atoms with Gasteiger partial charge in [-0.05, 0) is 36.4 Å². The van der Waals surface area contributed by atoms with Crippen molar-refractivity contribution < 1.29 is 19.0 Å². The quantitative estimate of drug-likeness (QED) is 0.767. The highest BCUT2D eigenvalue weighted by Crippen LogP contribution is 2.30. The van der Waals surface area contributed by atoms with Gasteiger partial charge in [-0.15, -0.1) is 0 Å². The van der Waals surface area contributed by atoms with Gasteiger partial charge >= 0.3 is 0 Å². The third-order valence-corrected chi connectivity index (χ3v) is 3.32. The highest BCUT2D eigenvalue weighted by atomic mass is 19.1. The van der Waals surface area contributed by atoms with Gasteiger partial charge in [-0.1, -0.05) is 0 Å². The molecule has 7 nitrogen and oxygen atoms in total. The lowest BCUT2D eigenvalue weighted by Gasteiger charge is -2.09. The first-order valence-corrected chi connectivity index (χ1v) is 6.91. The van der Waals surface area contributed by atoms with E-state index in [9.17, 15) is 14.3 Å². The van der Waals surface area contributed by atoms with E-state index in [4.69, 9.17) is 4.74 Å². The molecule has 0 aliphatic rings. The highest BCUT2D eigenvalue weighted by molar-refractivity contribution is 6.04. The van der Waals surface area contributed by atoms with E-state index in [-0.39, 0.29) is 11.3 Å². The summed E-state index contributed by atoms with van der Waals surface area (Å²) in [6, 6.07) is 9.07. The summed E-state index contributed by atoms with van der Waals surface area (Å²) in [5.41, 5.74) is 1.33. The predicted octanol–water partition coefficient (Wildman–Crippen LogP) is 2.37. The van der Waals surface area contributed by atoms with Gasteiger partial charge in [-0.3, -0.25) is 4.79 Å². The molecule has 1 amide bonds. The molecule has 0 saturated heterocycles. The second-order valence-electron chi connectivity index (χ2n) is 4.85. The third-order valence-electron chi connectivity index (χ3n) is 3.32. The Bertz CT molecular complexity index is 864. The molecule has 122 valence electrons. The van der Waals surface area contributed by atoms with Crippen molar-refractivity contribution in [3.05, 3.63) is 60.4 Å². The number of halogens is 1. The number of methoxy groups -OCH3 is 1. The van der Waals surface area contributed by atoms with Gasteiger partial charge in [0.05, 0.1) is 12.8 Å². The maximum Gasteiger partial charge on any atom is 0.255 e. The summed E-state index contributed by atoms with van der Waals surface area (Å²) < 4.78 is 20.0. The lowest BCUT2D eigenvalue weighted by Crippen LogP contribution is -2.12. The number of phenols is 1. The molecular weight excluding hydrogens is 315 g/mol. The molecular formula is C16H13FN4O3. The Morgan fingerprint density at radius 1 is 1.29 bits per heavy atom. The summed E-state index contributed by atoms with van der Waals surface area (Å²) in [5, 5.41) is 16.1. The number of ether oxygens (including phenoxy) is 1. The van der Waals surface area contributed by atoms with Crippen molar-refractivity contribution in [2.45, 2.75) is 0 Å². The number of nitrogens with zero attached hydrogens (tertiary/aromatic N) is 3. The number of hydrogen-bond donors (Lipinski definition) is 2. The average Bonchev–Trinajstić information content (AvgIpc) is 3.12. The number of phenolic OH excluding ortho intramolecular Hbond substituents is 1. The fourth-order valence-corrected chi connectivity index (χ4v) is 2.10. The van der Waals surface area contributed by atoms with Gasteiger partial charge in [0.2, 0.25) is 0 Å². The van der Waals surface area contributed by atoms with E-state index in [2.05, 4.69) is 15.4 Å². The first kappa shape index (κ1) is 15.5. The summed E-state index contributed by atoms with van der Waals surface area (Å²) in [6.45, 7) is 0. The number of carbonyl (C=O) groups is 1. The minimum absolute atomic E-state index is 0.0301. The molecule has 0 radical (unpaired) electrons. The normalized spacial score (nSPS) is 10.4. The molecule has 0 atom stereocenters. The zero-order chi connectivity index (χ0) is 17.1. The number of hydrogen-bond acceptors (Lipinski definition) is 5. The van der Waals surface area contributed by atoms with Crippen molar-refractivity contribution in [1.82, 2.24) is 14.8 Å². The van der Waals surface area contributed by atoms with E-state index in [1.807, 2.05) is 0 Å². The molecule has 24 heavy (non-hydrogen) atoms. The van der Waals surface area contributed by atoms with Gasteiger partial charge in [0, 0.05) is 11.3 Å². The van der Waals surface area contributed by atoms with Crippen LogP contribution in [0.5, 0.6) is 11.5 Å². The number of carbonyl (C=O) groups excluding carboxylic acids is 1. The van der Waals surface area contributed by atoms with Crippen LogP contribution in [-0.2, 0) is 0 Å². The molecule has 0 aliphatic heterocycles. The van der Waals surface area contributed by atoms with E-state index in [1.165, 1.54) is 19.5 Å². The number of aromatic hydroxyl groups is 1. The maximum absolute atomic E-state index is 13.6. The molecule has 1 aromatic heterocycles. The number of nitrogens with one attached hydrogen (secondary N) is 1. The van der Waals surface area contributed by atoms with Crippen molar-refractivity contribution in [3.63, 3.8) is 0 Å². The molecule has 0 fully saturated rings. The number of anilines is 1. The van der Waals surface area contributed by atoms with E-state index in [0.717, 1.165) is 11.8 Å². The van der Waals surface area contributed by atoms with Crippen LogP contribution in [0.4, 0.5) is 10.1 Å². The minimum Gasteiger partial charge on any atom is -0.502 e. The molecule has 3 rings (SSSR count). The molecule has 0 saturated carbocycles. The molecule has 1 heterocycles. The zero-order valence-corrected chi connectivity index (χ0v) is 12.6. The largest absolute Gasteiger partial charge is 0.502 e. The van der Waals surface area contributed by atoms with Crippen LogP contribution in [0.2, 0.25) is 0 Å². The second-order valence-corrected chi connectivity index (χ2v) is 4.85. The molecule has 0 bridgehead atoms. The summed E-state index contributed by atoms with van der Waals surface area (Å²) in [7, 11) is 1.28. The fourth-order valence-electron chi connectivity index (χ4n) is 2.10. The molecule has 2 aromatic carbocycles. The number of rotatable bonds is 4. The minimum atomic E-state index is -0.930. The topological polar surface area (TPSA) is 89.3 Å². The van der Waals surface area contributed by atoms with E-state index in [0.29, 0.717) is 5.69 Å². The monoisotopic (exact) mass is 328 g/mol. The Labute approximate surface area is 136 Å². The van der Waals surface area contributed by atoms with Gasteiger partial charge in [0.1, 0.15) is 12.7 Å². The molecule has 2 N–H and O–H groups in total. The van der Waals surface area contributed by atoms with Gasteiger partial charge in [0.25, 0.3) is 5.91 Å². The van der Waals surface area contributed by atoms with Gasteiger partial charge in [0.15, 0.2) is 17.3 Å². The van der Waals surface area contributed by atoms with Crippen molar-refractivity contribution >= 4 is 11.6 Å². The SMILES string of the molecule is COc1cc(C(=O)Nc2ccc(-n3cncn3)cc2)cc(F)c1O. The summed E-state index contributed by atoms with van der Waals surface area (Å²) in [4.78, 5) is 16.1. The van der Waals surface area contributed by atoms with Crippen LogP contribution in [0.25, 0.3) is 5.69 Å². The maximum atomic E-state index is 13.6. The number of aromatic nitrogens is 3. The van der Waals surface area contributed by atoms with Crippen molar-refractivity contribution in [2.24, 2.45) is 0 Å². The summed E-state index contributed by atoms with van der Waals surface area (Å²) >= 11 is 0. The van der Waals surface area contributed by atoms with Crippen LogP contribution in [0.3, 0.4) is 0 Å². The lowest BCUT2D eigenvalue weighted by molar-refractivity contribution is 0.102. The molecule has 0 aliphatic carbocycles. The predicted molar refractivity (Wildman–Crippen MR) is 83.9 cm³/mol. The van der Waals surface area contributed by atoms with Crippen LogP contribution in [0.15, 0.2) is 49.1 Å². The summed E-state index contributed by atoms with van der Waals surface area (Å²) in [6.07, 6.45) is 2.97. The number of benzene rings is 2. The Morgan fingerprint density at radius 2 is 2.04 bits per heavy atom. The smallest absolute Gasteiger partial charge is 0.255 e. The van der Waals surface area contributed by atoms with Gasteiger partial charge in [-0.2, -0.15) is 5.10 Å². The van der Waals surface area contributed by atoms with Crippen LogP contribution in [0, 0.1) is 5.82 Å². The second kappa shape index (κ2) is 6.37. The summed E-state index contributed by atoms with van der Waals surface area (Å²) in [5.74, 6) is -2.20. The first-order valence-electron chi connectivity index (χ1n) is 6.91. The van der Waals surface area contributed by atoms with Crippen LogP contribution in [0.1, 0.15) is 10.4 Å². The highest BCUT2D eigenvalue weighted by Gasteiger charge is 2.15. The van der Waals surface area contributed by atoms with Crippen LogP contribution < -0.4 is 10.1 Å². The van der Waals surface area contributed by atoms with E-state index in [1.54, 1.807) is 35.3 Å². The Morgan fingerprint density at radius 3 is 2.67 bits per heavy atom. The van der Waals surface area contributed by atoms with Gasteiger partial charge < -0.3 is 15.2 Å². The van der Waals surface area contributed by atoms with E-state index < -0.39 is 17.5 Å². The first-order chi connectivity index (χ1) is 11.6. The molecule has 8 heteroatoms. The Kier molecular flexibility index (Phi) is 4.11. The number of amides is 1. The van der Waals surface area contributed by atoms with E-state index >= 15 is 0 Å². The molecule has 0 unspecified atom stereocenters. The third kappa shape index (κ3) is 3.02. The molecule has 3 aromatic rings. The lowest BCUT2D eigenvalue weighted by atomic mass is 10.1.